The highest BCUT2D eigenvalue weighted by Crippen LogP contribution is 2.19. The zero-order valence-corrected chi connectivity index (χ0v) is 11.8. The van der Waals surface area contributed by atoms with Gasteiger partial charge in [0.15, 0.2) is 0 Å². The molecule has 0 unspecified atom stereocenters. The summed E-state index contributed by atoms with van der Waals surface area (Å²) in [5.74, 6) is 0.0772. The zero-order chi connectivity index (χ0) is 13.8. The third kappa shape index (κ3) is 2.95. The number of hydrogen-bond donors (Lipinski definition) is 1. The minimum atomic E-state index is 0.0772. The minimum Gasteiger partial charge on any atom is -0.353 e. The fraction of sp³-hybridized carbons (Fsp3) is 0.467. The second-order valence-corrected chi connectivity index (χ2v) is 4.87. The number of amides is 1. The lowest BCUT2D eigenvalue weighted by molar-refractivity contribution is -0.121. The molecule has 2 aromatic rings. The van der Waals surface area contributed by atoms with Gasteiger partial charge >= 0.3 is 0 Å². The van der Waals surface area contributed by atoms with Crippen molar-refractivity contribution in [2.45, 2.75) is 46.2 Å². The van der Waals surface area contributed by atoms with E-state index in [1.807, 2.05) is 25.3 Å². The number of nitrogens with one attached hydrogen (secondary N) is 1. The van der Waals surface area contributed by atoms with Crippen molar-refractivity contribution in [2.75, 3.05) is 0 Å². The van der Waals surface area contributed by atoms with Crippen LogP contribution in [0, 0.1) is 0 Å². The molecule has 4 heteroatoms. The van der Waals surface area contributed by atoms with Crippen molar-refractivity contribution in [1.82, 2.24) is 14.9 Å². The van der Waals surface area contributed by atoms with Gasteiger partial charge < -0.3 is 9.88 Å². The van der Waals surface area contributed by atoms with Gasteiger partial charge in [0.25, 0.3) is 0 Å². The molecule has 1 amide bonds. The van der Waals surface area contributed by atoms with Gasteiger partial charge in [0.1, 0.15) is 5.65 Å². The first-order valence-corrected chi connectivity index (χ1v) is 6.87. The summed E-state index contributed by atoms with van der Waals surface area (Å²) in [6.45, 7) is 7.03. The molecule has 2 aromatic heterocycles. The van der Waals surface area contributed by atoms with E-state index in [9.17, 15) is 4.79 Å². The third-order valence-corrected chi connectivity index (χ3v) is 3.43. The molecule has 0 fully saturated rings. The van der Waals surface area contributed by atoms with Crippen LogP contribution in [0.15, 0.2) is 24.5 Å². The summed E-state index contributed by atoms with van der Waals surface area (Å²) < 4.78 is 2.08. The molecule has 0 aromatic carbocycles. The highest BCUT2D eigenvalue weighted by Gasteiger charge is 2.12. The second kappa shape index (κ2) is 5.87. The fourth-order valence-electron chi connectivity index (χ4n) is 2.18. The Morgan fingerprint density at radius 1 is 1.47 bits per heavy atom. The lowest BCUT2D eigenvalue weighted by Crippen LogP contribution is -2.33. The monoisotopic (exact) mass is 259 g/mol. The highest BCUT2D eigenvalue weighted by atomic mass is 16.1. The van der Waals surface area contributed by atoms with Crippen LogP contribution in [0.25, 0.3) is 11.0 Å². The van der Waals surface area contributed by atoms with E-state index >= 15 is 0 Å². The topological polar surface area (TPSA) is 46.9 Å². The predicted molar refractivity (Wildman–Crippen MR) is 77.0 cm³/mol. The Hall–Kier alpha value is -1.84. The van der Waals surface area contributed by atoms with Crippen LogP contribution in [-0.4, -0.2) is 21.5 Å². The summed E-state index contributed by atoms with van der Waals surface area (Å²) in [4.78, 5) is 16.4. The van der Waals surface area contributed by atoms with E-state index < -0.39 is 0 Å². The van der Waals surface area contributed by atoms with E-state index in [0.717, 1.165) is 29.6 Å². The molecular weight excluding hydrogens is 238 g/mol. The number of aromatic nitrogens is 2. The Balaban J connectivity index is 2.23. The predicted octanol–water partition coefficient (Wildman–Crippen LogP) is 2.51. The van der Waals surface area contributed by atoms with E-state index in [0.29, 0.717) is 6.42 Å². The SMILES string of the molecule is CC[C@H](C)NC(=O)Cc1cn(CC)c2ncccc12. The summed E-state index contributed by atoms with van der Waals surface area (Å²) in [7, 11) is 0. The number of carbonyl (C=O) groups excluding carboxylic acids is 1. The van der Waals surface area contributed by atoms with Crippen molar-refractivity contribution in [1.29, 1.82) is 0 Å². The number of fused-ring (bicyclic) bond motifs is 1. The van der Waals surface area contributed by atoms with Crippen molar-refractivity contribution in [2.24, 2.45) is 0 Å². The quantitative estimate of drug-likeness (QED) is 0.897. The molecule has 0 aliphatic carbocycles. The molecular formula is C15H21N3O. The molecule has 2 heterocycles. The molecule has 1 atom stereocenters. The van der Waals surface area contributed by atoms with Gasteiger partial charge in [-0.15, -0.1) is 0 Å². The Bertz CT molecular complexity index is 574. The number of nitrogens with zero attached hydrogens (tertiary/aromatic N) is 2. The highest BCUT2D eigenvalue weighted by molar-refractivity contribution is 5.87. The number of carbonyl (C=O) groups is 1. The van der Waals surface area contributed by atoms with Crippen LogP contribution in [0.4, 0.5) is 0 Å². The average molecular weight is 259 g/mol. The summed E-state index contributed by atoms with van der Waals surface area (Å²) >= 11 is 0. The zero-order valence-electron chi connectivity index (χ0n) is 11.8. The third-order valence-electron chi connectivity index (χ3n) is 3.43. The summed E-state index contributed by atoms with van der Waals surface area (Å²) in [6, 6.07) is 4.17. The molecule has 1 N–H and O–H groups in total. The van der Waals surface area contributed by atoms with Crippen molar-refractivity contribution in [3.05, 3.63) is 30.1 Å². The van der Waals surface area contributed by atoms with Gasteiger partial charge in [-0.05, 0) is 38.0 Å². The Kier molecular flexibility index (Phi) is 4.20. The van der Waals surface area contributed by atoms with Gasteiger partial charge in [0.2, 0.25) is 5.91 Å². The van der Waals surface area contributed by atoms with Gasteiger partial charge in [-0.1, -0.05) is 6.92 Å². The molecule has 19 heavy (non-hydrogen) atoms. The number of pyridine rings is 1. The molecule has 0 spiro atoms. The molecule has 2 rings (SSSR count). The smallest absolute Gasteiger partial charge is 0.224 e. The molecule has 4 nitrogen and oxygen atoms in total. The van der Waals surface area contributed by atoms with Crippen molar-refractivity contribution < 1.29 is 4.79 Å². The van der Waals surface area contributed by atoms with Crippen molar-refractivity contribution in [3.8, 4) is 0 Å². The van der Waals surface area contributed by atoms with Crippen LogP contribution < -0.4 is 5.32 Å². The first-order chi connectivity index (χ1) is 9.15. The van der Waals surface area contributed by atoms with Gasteiger partial charge in [-0.25, -0.2) is 4.98 Å². The lowest BCUT2D eigenvalue weighted by Gasteiger charge is -2.10. The van der Waals surface area contributed by atoms with Crippen molar-refractivity contribution in [3.63, 3.8) is 0 Å². The maximum Gasteiger partial charge on any atom is 0.224 e. The molecule has 102 valence electrons. The van der Waals surface area contributed by atoms with Crippen LogP contribution in [0.1, 0.15) is 32.8 Å². The van der Waals surface area contributed by atoms with Crippen LogP contribution in [0.2, 0.25) is 0 Å². The van der Waals surface area contributed by atoms with E-state index in [4.69, 9.17) is 0 Å². The standard InChI is InChI=1S/C15H21N3O/c1-4-11(3)17-14(19)9-12-10-18(5-2)15-13(12)7-6-8-16-15/h6-8,10-11H,4-5,9H2,1-3H3,(H,17,19)/t11-/m0/s1. The first kappa shape index (κ1) is 13.6. The van der Waals surface area contributed by atoms with E-state index in [1.165, 1.54) is 0 Å². The van der Waals surface area contributed by atoms with Gasteiger partial charge in [0.05, 0.1) is 6.42 Å². The van der Waals surface area contributed by atoms with Crippen LogP contribution >= 0.6 is 0 Å². The molecule has 0 aliphatic rings. The number of hydrogen-bond acceptors (Lipinski definition) is 2. The number of aryl methyl sites for hydroxylation is 1. The Labute approximate surface area is 113 Å². The normalized spacial score (nSPS) is 12.6. The summed E-state index contributed by atoms with van der Waals surface area (Å²) in [5, 5.41) is 4.07. The maximum absolute atomic E-state index is 12.0. The molecule has 0 aliphatic heterocycles. The average Bonchev–Trinajstić information content (AvgIpc) is 2.77. The molecule has 0 saturated carbocycles. The first-order valence-electron chi connectivity index (χ1n) is 6.87. The summed E-state index contributed by atoms with van der Waals surface area (Å²) in [6.07, 6.45) is 5.19. The lowest BCUT2D eigenvalue weighted by atomic mass is 10.1. The Morgan fingerprint density at radius 3 is 2.95 bits per heavy atom. The summed E-state index contributed by atoms with van der Waals surface area (Å²) in [5.41, 5.74) is 2.00. The van der Waals surface area contributed by atoms with Crippen LogP contribution in [0.5, 0.6) is 0 Å². The number of rotatable bonds is 5. The van der Waals surface area contributed by atoms with E-state index in [1.54, 1.807) is 6.20 Å². The molecule has 0 saturated heterocycles. The molecule has 0 radical (unpaired) electrons. The van der Waals surface area contributed by atoms with Gasteiger partial charge in [-0.3, -0.25) is 4.79 Å². The van der Waals surface area contributed by atoms with Crippen LogP contribution in [0.3, 0.4) is 0 Å². The fourth-order valence-corrected chi connectivity index (χ4v) is 2.18. The van der Waals surface area contributed by atoms with Crippen molar-refractivity contribution >= 4 is 16.9 Å². The van der Waals surface area contributed by atoms with Gasteiger partial charge in [-0.2, -0.15) is 0 Å². The maximum atomic E-state index is 12.0. The van der Waals surface area contributed by atoms with Gasteiger partial charge in [0, 0.05) is 30.4 Å². The largest absolute Gasteiger partial charge is 0.353 e. The second-order valence-electron chi connectivity index (χ2n) is 4.87. The van der Waals surface area contributed by atoms with E-state index in [2.05, 4.69) is 28.7 Å². The Morgan fingerprint density at radius 2 is 2.26 bits per heavy atom. The van der Waals surface area contributed by atoms with Crippen LogP contribution in [-0.2, 0) is 17.8 Å². The van der Waals surface area contributed by atoms with E-state index in [-0.39, 0.29) is 11.9 Å². The molecule has 0 bridgehead atoms. The minimum absolute atomic E-state index is 0.0772.